The lowest BCUT2D eigenvalue weighted by atomic mass is 9.97. The molecule has 0 spiro atoms. The van der Waals surface area contributed by atoms with Crippen molar-refractivity contribution in [2.45, 2.75) is 25.9 Å². The Morgan fingerprint density at radius 1 is 1.35 bits per heavy atom. The molecule has 1 atom stereocenters. The average molecular weight is 312 g/mol. The van der Waals surface area contributed by atoms with E-state index in [1.54, 1.807) is 7.11 Å². The Morgan fingerprint density at radius 2 is 2.10 bits per heavy atom. The van der Waals surface area contributed by atoms with E-state index in [9.17, 15) is 0 Å². The van der Waals surface area contributed by atoms with Crippen LogP contribution >= 0.6 is 23.1 Å². The maximum atomic E-state index is 5.92. The molecule has 1 aromatic heterocycles. The highest BCUT2D eigenvalue weighted by atomic mass is 35.5. The van der Waals surface area contributed by atoms with E-state index in [4.69, 9.17) is 16.3 Å². The van der Waals surface area contributed by atoms with Crippen LogP contribution in [0, 0.1) is 0 Å². The summed E-state index contributed by atoms with van der Waals surface area (Å²) < 4.78 is 9.23. The molecule has 108 valence electrons. The normalized spacial score (nSPS) is 12.3. The van der Waals surface area contributed by atoms with E-state index in [0.29, 0.717) is 12.5 Å². The molecule has 2 aromatic rings. The number of hydrogen-bond acceptors (Lipinski definition) is 5. The molecule has 0 aliphatic rings. The maximum Gasteiger partial charge on any atom is 0.202 e. The molecule has 1 heterocycles. The van der Waals surface area contributed by atoms with E-state index in [1.165, 1.54) is 17.1 Å². The molecule has 0 fully saturated rings. The lowest BCUT2D eigenvalue weighted by molar-refractivity contribution is 0.179. The molecule has 0 radical (unpaired) electrons. The predicted octanol–water partition coefficient (Wildman–Crippen LogP) is 3.94. The third kappa shape index (κ3) is 4.16. The lowest BCUT2D eigenvalue weighted by Gasteiger charge is -2.15. The third-order valence-electron chi connectivity index (χ3n) is 3.08. The molecule has 1 unspecified atom stereocenters. The Kier molecular flexibility index (Phi) is 5.76. The summed E-state index contributed by atoms with van der Waals surface area (Å²) in [4.78, 5) is 4.36. The van der Waals surface area contributed by atoms with Gasteiger partial charge in [-0.3, -0.25) is 0 Å². The molecular formula is C14H18ClN3OS. The Morgan fingerprint density at radius 3 is 2.75 bits per heavy atom. The van der Waals surface area contributed by atoms with Crippen molar-refractivity contribution in [1.29, 1.82) is 0 Å². The fourth-order valence-electron chi connectivity index (χ4n) is 1.96. The van der Waals surface area contributed by atoms with Gasteiger partial charge in [-0.2, -0.15) is 4.37 Å². The number of halogens is 1. The van der Waals surface area contributed by atoms with Gasteiger partial charge in [0.2, 0.25) is 5.13 Å². The number of rotatable bonds is 7. The van der Waals surface area contributed by atoms with E-state index in [1.807, 2.05) is 12.1 Å². The maximum absolute atomic E-state index is 5.92. The van der Waals surface area contributed by atoms with E-state index in [0.717, 1.165) is 28.9 Å². The molecule has 0 aliphatic heterocycles. The van der Waals surface area contributed by atoms with Gasteiger partial charge in [-0.15, -0.1) is 0 Å². The molecule has 4 nitrogen and oxygen atoms in total. The van der Waals surface area contributed by atoms with Crippen molar-refractivity contribution in [1.82, 2.24) is 9.36 Å². The molecule has 1 N–H and O–H groups in total. The van der Waals surface area contributed by atoms with Gasteiger partial charge in [0.1, 0.15) is 6.61 Å². The van der Waals surface area contributed by atoms with Crippen LogP contribution in [0.5, 0.6) is 0 Å². The van der Waals surface area contributed by atoms with Crippen LogP contribution < -0.4 is 5.32 Å². The summed E-state index contributed by atoms with van der Waals surface area (Å²) in [5.74, 6) is 1.15. The summed E-state index contributed by atoms with van der Waals surface area (Å²) in [6.45, 7) is 3.46. The average Bonchev–Trinajstić information content (AvgIpc) is 2.89. The Balaban J connectivity index is 1.94. The molecule has 0 saturated carbocycles. The predicted molar refractivity (Wildman–Crippen MR) is 83.6 cm³/mol. The number of hydrogen-bond donors (Lipinski definition) is 1. The standard InChI is InChI=1S/C14H18ClN3OS/c1-3-10(11-4-6-12(15)7-5-11)8-16-14-17-13(9-19-2)18-20-14/h4-7,10H,3,8-9H2,1-2H3,(H,16,17,18). The van der Waals surface area contributed by atoms with E-state index in [-0.39, 0.29) is 0 Å². The van der Waals surface area contributed by atoms with Crippen LogP contribution in [0.1, 0.15) is 30.7 Å². The van der Waals surface area contributed by atoms with Crippen molar-refractivity contribution in [3.8, 4) is 0 Å². The second-order valence-corrected chi connectivity index (χ2v) is 5.67. The molecule has 0 amide bonds. The highest BCUT2D eigenvalue weighted by molar-refractivity contribution is 7.09. The van der Waals surface area contributed by atoms with Gasteiger partial charge in [0.25, 0.3) is 0 Å². The molecule has 0 aliphatic carbocycles. The monoisotopic (exact) mass is 311 g/mol. The minimum absolute atomic E-state index is 0.432. The van der Waals surface area contributed by atoms with E-state index < -0.39 is 0 Å². The Bertz CT molecular complexity index is 529. The number of ether oxygens (including phenoxy) is 1. The summed E-state index contributed by atoms with van der Waals surface area (Å²) in [6.07, 6.45) is 1.05. The van der Waals surface area contributed by atoms with Gasteiger partial charge in [0.15, 0.2) is 5.82 Å². The number of methoxy groups -OCH3 is 1. The Labute approximate surface area is 128 Å². The van der Waals surface area contributed by atoms with Crippen LogP contribution in [0.2, 0.25) is 5.02 Å². The van der Waals surface area contributed by atoms with Crippen LogP contribution in [0.15, 0.2) is 24.3 Å². The second kappa shape index (κ2) is 7.57. The molecule has 1 aromatic carbocycles. The number of benzene rings is 1. The molecular weight excluding hydrogens is 294 g/mol. The zero-order valence-corrected chi connectivity index (χ0v) is 13.2. The van der Waals surface area contributed by atoms with Gasteiger partial charge in [0, 0.05) is 36.1 Å². The summed E-state index contributed by atoms with van der Waals surface area (Å²) >= 11 is 7.29. The molecule has 0 bridgehead atoms. The first-order valence-electron chi connectivity index (χ1n) is 6.53. The first-order valence-corrected chi connectivity index (χ1v) is 7.69. The van der Waals surface area contributed by atoms with Crippen molar-refractivity contribution < 1.29 is 4.74 Å². The first-order chi connectivity index (χ1) is 9.72. The zero-order chi connectivity index (χ0) is 14.4. The highest BCUT2D eigenvalue weighted by Crippen LogP contribution is 2.22. The number of nitrogens with zero attached hydrogens (tertiary/aromatic N) is 2. The van der Waals surface area contributed by atoms with Crippen molar-refractivity contribution in [2.75, 3.05) is 19.0 Å². The van der Waals surface area contributed by atoms with Crippen molar-refractivity contribution in [2.24, 2.45) is 0 Å². The second-order valence-electron chi connectivity index (χ2n) is 4.49. The minimum Gasteiger partial charge on any atom is -0.377 e. The number of nitrogens with one attached hydrogen (secondary N) is 1. The topological polar surface area (TPSA) is 47.0 Å². The van der Waals surface area contributed by atoms with Crippen molar-refractivity contribution >= 4 is 28.3 Å². The molecule has 0 saturated heterocycles. The lowest BCUT2D eigenvalue weighted by Crippen LogP contribution is -2.12. The van der Waals surface area contributed by atoms with Gasteiger partial charge < -0.3 is 10.1 Å². The van der Waals surface area contributed by atoms with Crippen LogP contribution in [0.4, 0.5) is 5.13 Å². The molecule has 6 heteroatoms. The van der Waals surface area contributed by atoms with Crippen LogP contribution in [-0.2, 0) is 11.3 Å². The van der Waals surface area contributed by atoms with Gasteiger partial charge in [-0.05, 0) is 24.1 Å². The van der Waals surface area contributed by atoms with Crippen molar-refractivity contribution in [3.63, 3.8) is 0 Å². The van der Waals surface area contributed by atoms with Crippen molar-refractivity contribution in [3.05, 3.63) is 40.7 Å². The fraction of sp³-hybridized carbons (Fsp3) is 0.429. The van der Waals surface area contributed by atoms with E-state index in [2.05, 4.69) is 33.7 Å². The smallest absolute Gasteiger partial charge is 0.202 e. The minimum atomic E-state index is 0.432. The summed E-state index contributed by atoms with van der Waals surface area (Å²) in [5, 5.41) is 4.95. The van der Waals surface area contributed by atoms with Crippen LogP contribution in [0.3, 0.4) is 0 Å². The largest absolute Gasteiger partial charge is 0.377 e. The van der Waals surface area contributed by atoms with E-state index >= 15 is 0 Å². The molecule has 20 heavy (non-hydrogen) atoms. The van der Waals surface area contributed by atoms with Gasteiger partial charge in [-0.1, -0.05) is 30.7 Å². The SMILES string of the molecule is CCC(CNc1nc(COC)ns1)c1ccc(Cl)cc1. The zero-order valence-electron chi connectivity index (χ0n) is 11.6. The van der Waals surface area contributed by atoms with Gasteiger partial charge in [0.05, 0.1) is 0 Å². The van der Waals surface area contributed by atoms with Gasteiger partial charge in [-0.25, -0.2) is 4.98 Å². The summed E-state index contributed by atoms with van der Waals surface area (Å²) in [5.41, 5.74) is 1.28. The quantitative estimate of drug-likeness (QED) is 0.841. The molecule has 2 rings (SSSR count). The van der Waals surface area contributed by atoms with Crippen LogP contribution in [0.25, 0.3) is 0 Å². The van der Waals surface area contributed by atoms with Crippen LogP contribution in [-0.4, -0.2) is 23.0 Å². The first kappa shape index (κ1) is 15.2. The number of aromatic nitrogens is 2. The highest BCUT2D eigenvalue weighted by Gasteiger charge is 2.11. The Hall–Kier alpha value is -1.17. The number of anilines is 1. The fourth-order valence-corrected chi connectivity index (χ4v) is 2.66. The summed E-state index contributed by atoms with van der Waals surface area (Å²) in [6, 6.07) is 8.02. The third-order valence-corrected chi connectivity index (χ3v) is 4.04. The summed E-state index contributed by atoms with van der Waals surface area (Å²) in [7, 11) is 1.64. The van der Waals surface area contributed by atoms with Gasteiger partial charge >= 0.3 is 0 Å².